The highest BCUT2D eigenvalue weighted by molar-refractivity contribution is 7.89. The summed E-state index contributed by atoms with van der Waals surface area (Å²) in [5.41, 5.74) is -0.537. The van der Waals surface area contributed by atoms with Crippen LogP contribution in [0.25, 0.3) is 0 Å². The molecule has 0 saturated heterocycles. The fourth-order valence-electron chi connectivity index (χ4n) is 3.15. The van der Waals surface area contributed by atoms with Gasteiger partial charge in [0.1, 0.15) is 6.17 Å². The summed E-state index contributed by atoms with van der Waals surface area (Å²) in [7, 11) is -4.18. The topological polar surface area (TPSA) is 127 Å². The molecule has 0 spiro atoms. The minimum Gasteiger partial charge on any atom is -0.481 e. The van der Waals surface area contributed by atoms with E-state index >= 15 is 0 Å². The van der Waals surface area contributed by atoms with Crippen molar-refractivity contribution in [3.05, 3.63) is 46.5 Å². The summed E-state index contributed by atoms with van der Waals surface area (Å²) in [5, 5.41) is 19.7. The number of allylic oxidation sites excluding steroid dienone is 2. The van der Waals surface area contributed by atoms with Gasteiger partial charge in [0.2, 0.25) is 10.0 Å². The van der Waals surface area contributed by atoms with Crippen LogP contribution in [0.5, 0.6) is 0 Å². The van der Waals surface area contributed by atoms with Crippen LogP contribution in [0.15, 0.2) is 41.3 Å². The van der Waals surface area contributed by atoms with E-state index < -0.39 is 49.6 Å². The zero-order valence-corrected chi connectivity index (χ0v) is 15.3. The maximum atomic E-state index is 14.2. The summed E-state index contributed by atoms with van der Waals surface area (Å²) in [5.74, 6) is -1.54. The van der Waals surface area contributed by atoms with E-state index in [0.29, 0.717) is 6.42 Å². The molecule has 148 valence electrons. The van der Waals surface area contributed by atoms with Crippen molar-refractivity contribution in [1.82, 2.24) is 4.72 Å². The first-order chi connectivity index (χ1) is 12.7. The van der Waals surface area contributed by atoms with E-state index in [2.05, 4.69) is 4.72 Å². The third kappa shape index (κ3) is 5.57. The van der Waals surface area contributed by atoms with E-state index in [4.69, 9.17) is 5.11 Å². The van der Waals surface area contributed by atoms with Crippen molar-refractivity contribution >= 4 is 21.7 Å². The second-order valence-corrected chi connectivity index (χ2v) is 8.03. The fourth-order valence-corrected chi connectivity index (χ4v) is 4.65. The van der Waals surface area contributed by atoms with Crippen molar-refractivity contribution < 1.29 is 27.6 Å². The Bertz CT molecular complexity index is 826. The van der Waals surface area contributed by atoms with Crippen molar-refractivity contribution in [3.63, 3.8) is 0 Å². The molecule has 0 radical (unpaired) electrons. The summed E-state index contributed by atoms with van der Waals surface area (Å²) in [6.07, 6.45) is 3.09. The van der Waals surface area contributed by atoms with Crippen molar-refractivity contribution in [2.24, 2.45) is 5.92 Å². The van der Waals surface area contributed by atoms with Crippen LogP contribution in [-0.4, -0.2) is 36.6 Å². The van der Waals surface area contributed by atoms with Crippen molar-refractivity contribution in [3.8, 4) is 0 Å². The van der Waals surface area contributed by atoms with Crippen LogP contribution in [0.4, 0.5) is 10.1 Å². The van der Waals surface area contributed by atoms with E-state index in [0.717, 1.165) is 12.1 Å². The third-order valence-corrected chi connectivity index (χ3v) is 6.03. The molecule has 0 aliphatic heterocycles. The Balaban J connectivity index is 2.10. The first-order valence-corrected chi connectivity index (χ1v) is 9.97. The summed E-state index contributed by atoms with van der Waals surface area (Å²) < 4.78 is 41.8. The molecule has 0 heterocycles. The molecule has 0 amide bonds. The van der Waals surface area contributed by atoms with Crippen LogP contribution < -0.4 is 4.72 Å². The Kier molecular flexibility index (Phi) is 7.03. The van der Waals surface area contributed by atoms with Gasteiger partial charge in [-0.15, -0.1) is 0 Å². The normalized spacial score (nSPS) is 22.9. The number of aliphatic carboxylic acids is 1. The minimum atomic E-state index is -4.18. The van der Waals surface area contributed by atoms with Gasteiger partial charge >= 0.3 is 5.97 Å². The molecule has 1 aromatic rings. The third-order valence-electron chi connectivity index (χ3n) is 4.49. The average Bonchev–Trinajstić information content (AvgIpc) is 2.93. The van der Waals surface area contributed by atoms with E-state index in [9.17, 15) is 27.7 Å². The molecule has 8 nitrogen and oxygen atoms in total. The molecule has 3 atom stereocenters. The first kappa shape index (κ1) is 21.0. The number of nitrogens with zero attached hydrogens (tertiary/aromatic N) is 1. The zero-order valence-electron chi connectivity index (χ0n) is 14.5. The van der Waals surface area contributed by atoms with Crippen LogP contribution in [0, 0.1) is 16.0 Å². The Morgan fingerprint density at radius 1 is 1.33 bits per heavy atom. The van der Waals surface area contributed by atoms with Crippen LogP contribution >= 0.6 is 0 Å². The maximum Gasteiger partial charge on any atom is 0.303 e. The van der Waals surface area contributed by atoms with Crippen LogP contribution in [0.2, 0.25) is 0 Å². The van der Waals surface area contributed by atoms with Gasteiger partial charge in [0, 0.05) is 24.4 Å². The molecule has 0 bridgehead atoms. The number of halogens is 1. The van der Waals surface area contributed by atoms with E-state index in [1.807, 2.05) is 0 Å². The smallest absolute Gasteiger partial charge is 0.303 e. The zero-order chi connectivity index (χ0) is 20.0. The summed E-state index contributed by atoms with van der Waals surface area (Å²) in [6, 6.07) is 4.31. The number of nitro groups is 1. The molecular weight excluding hydrogens is 379 g/mol. The van der Waals surface area contributed by atoms with Gasteiger partial charge in [-0.05, 0) is 31.7 Å². The van der Waals surface area contributed by atoms with Crippen molar-refractivity contribution in [1.29, 1.82) is 0 Å². The highest BCUT2D eigenvalue weighted by Crippen LogP contribution is 2.33. The minimum absolute atomic E-state index is 0.0338. The van der Waals surface area contributed by atoms with Crippen LogP contribution in [0.1, 0.15) is 32.1 Å². The summed E-state index contributed by atoms with van der Waals surface area (Å²) in [4.78, 5) is 20.3. The summed E-state index contributed by atoms with van der Waals surface area (Å²) >= 11 is 0. The average molecular weight is 400 g/mol. The first-order valence-electron chi connectivity index (χ1n) is 8.49. The standard InChI is InChI=1S/C17H21FN2O6S/c18-13-10-11-14(12(13)6-2-1-3-9-17(21)22)19-27(25,26)16-8-5-4-7-15(16)20(23)24/h1-2,4-5,7-8,12-14,19H,3,6,9-11H2,(H,21,22)/b2-1-/t12-,13+,14-/m0/s1. The van der Waals surface area contributed by atoms with Gasteiger partial charge in [-0.3, -0.25) is 14.9 Å². The number of rotatable bonds is 9. The van der Waals surface area contributed by atoms with Crippen LogP contribution in [-0.2, 0) is 14.8 Å². The predicted molar refractivity (Wildman–Crippen MR) is 95.5 cm³/mol. The molecule has 10 heteroatoms. The highest BCUT2D eigenvalue weighted by atomic mass is 32.2. The Labute approximate surface area is 156 Å². The van der Waals surface area contributed by atoms with Gasteiger partial charge in [0.05, 0.1) is 4.92 Å². The Hall–Kier alpha value is -2.33. The lowest BCUT2D eigenvalue weighted by Gasteiger charge is -2.21. The second kappa shape index (κ2) is 9.05. The quantitative estimate of drug-likeness (QED) is 0.373. The van der Waals surface area contributed by atoms with E-state index in [1.54, 1.807) is 12.2 Å². The number of para-hydroxylation sites is 1. The number of carbonyl (C=O) groups is 1. The fraction of sp³-hybridized carbons (Fsp3) is 0.471. The second-order valence-electron chi connectivity index (χ2n) is 6.35. The number of nitro benzene ring substituents is 1. The molecule has 1 aliphatic rings. The highest BCUT2D eigenvalue weighted by Gasteiger charge is 2.39. The number of carboxylic acid groups (broad SMARTS) is 1. The Morgan fingerprint density at radius 3 is 2.70 bits per heavy atom. The molecule has 27 heavy (non-hydrogen) atoms. The van der Waals surface area contributed by atoms with E-state index in [1.165, 1.54) is 12.1 Å². The Morgan fingerprint density at radius 2 is 2.04 bits per heavy atom. The maximum absolute atomic E-state index is 14.2. The number of hydrogen-bond donors (Lipinski definition) is 2. The largest absolute Gasteiger partial charge is 0.481 e. The number of carboxylic acids is 1. The van der Waals surface area contributed by atoms with Crippen LogP contribution in [0.3, 0.4) is 0 Å². The molecule has 1 aliphatic carbocycles. The number of hydrogen-bond acceptors (Lipinski definition) is 5. The molecule has 2 rings (SSSR count). The molecule has 1 saturated carbocycles. The number of nitrogens with one attached hydrogen (secondary N) is 1. The van der Waals surface area contributed by atoms with Gasteiger partial charge in [-0.25, -0.2) is 17.5 Å². The van der Waals surface area contributed by atoms with Gasteiger partial charge in [0.25, 0.3) is 5.69 Å². The summed E-state index contributed by atoms with van der Waals surface area (Å²) in [6.45, 7) is 0. The molecule has 1 fully saturated rings. The van der Waals surface area contributed by atoms with Gasteiger partial charge in [-0.2, -0.15) is 0 Å². The monoisotopic (exact) mass is 400 g/mol. The molecule has 1 aromatic carbocycles. The van der Waals surface area contributed by atoms with Gasteiger partial charge in [-0.1, -0.05) is 24.3 Å². The molecule has 2 N–H and O–H groups in total. The number of sulfonamides is 1. The number of alkyl halides is 1. The lowest BCUT2D eigenvalue weighted by molar-refractivity contribution is -0.387. The molecule has 0 aromatic heterocycles. The SMILES string of the molecule is O=C(O)CC/C=C\C[C@H]1[C@H](F)CC[C@@H]1NS(=O)(=O)c1ccccc1[N+](=O)[O-]. The van der Waals surface area contributed by atoms with Crippen molar-refractivity contribution in [2.45, 2.75) is 49.2 Å². The predicted octanol–water partition coefficient (Wildman–Crippen LogP) is 2.80. The van der Waals surface area contributed by atoms with Crippen molar-refractivity contribution in [2.75, 3.05) is 0 Å². The van der Waals surface area contributed by atoms with Gasteiger partial charge < -0.3 is 5.11 Å². The molecular formula is C17H21FN2O6S. The lowest BCUT2D eigenvalue weighted by Crippen LogP contribution is -2.39. The number of benzene rings is 1. The lowest BCUT2D eigenvalue weighted by atomic mass is 9.98. The van der Waals surface area contributed by atoms with Gasteiger partial charge in [0.15, 0.2) is 4.90 Å². The molecule has 0 unspecified atom stereocenters. The van der Waals surface area contributed by atoms with E-state index in [-0.39, 0.29) is 25.7 Å².